The average Bonchev–Trinajstić information content (AvgIpc) is 2.70. The third-order valence-corrected chi connectivity index (χ3v) is 5.60. The van der Waals surface area contributed by atoms with E-state index in [9.17, 15) is 18.0 Å². The molecule has 1 saturated carbocycles. The lowest BCUT2D eigenvalue weighted by atomic mass is 9.80. The molecular formula is C24H25F3O2. The van der Waals surface area contributed by atoms with E-state index in [0.717, 1.165) is 38.5 Å². The van der Waals surface area contributed by atoms with Gasteiger partial charge in [0.05, 0.1) is 5.92 Å². The zero-order valence-electron chi connectivity index (χ0n) is 16.5. The molecule has 29 heavy (non-hydrogen) atoms. The summed E-state index contributed by atoms with van der Waals surface area (Å²) in [5.74, 6) is -0.0750. The average molecular weight is 402 g/mol. The molecule has 1 fully saturated rings. The number of esters is 1. The van der Waals surface area contributed by atoms with Gasteiger partial charge in [0, 0.05) is 17.0 Å². The first-order chi connectivity index (χ1) is 14.0. The van der Waals surface area contributed by atoms with E-state index in [1.165, 1.54) is 18.2 Å². The third-order valence-electron chi connectivity index (χ3n) is 5.60. The summed E-state index contributed by atoms with van der Waals surface area (Å²) < 4.78 is 44.7. The van der Waals surface area contributed by atoms with E-state index < -0.39 is 11.9 Å². The maximum absolute atomic E-state index is 14.4. The number of ether oxygens (including phenoxy) is 1. The maximum atomic E-state index is 14.4. The quantitative estimate of drug-likeness (QED) is 0.288. The van der Waals surface area contributed by atoms with E-state index in [-0.39, 0.29) is 22.8 Å². The molecular weight excluding hydrogens is 377 g/mol. The summed E-state index contributed by atoms with van der Waals surface area (Å²) in [6.45, 7) is 2.02. The van der Waals surface area contributed by atoms with Gasteiger partial charge in [-0.05, 0) is 75.0 Å². The first-order valence-corrected chi connectivity index (χ1v) is 10.1. The Kier molecular flexibility index (Phi) is 7.13. The van der Waals surface area contributed by atoms with Gasteiger partial charge in [0.25, 0.3) is 6.08 Å². The van der Waals surface area contributed by atoms with E-state index in [0.29, 0.717) is 23.1 Å². The van der Waals surface area contributed by atoms with Crippen LogP contribution in [0.4, 0.5) is 13.2 Å². The Morgan fingerprint density at radius 2 is 1.90 bits per heavy atom. The molecule has 0 N–H and O–H groups in total. The van der Waals surface area contributed by atoms with Crippen molar-refractivity contribution in [2.24, 2.45) is 11.8 Å². The molecule has 2 nitrogen and oxygen atoms in total. The lowest BCUT2D eigenvalue weighted by Gasteiger charge is -2.26. The van der Waals surface area contributed by atoms with Crippen molar-refractivity contribution in [1.29, 1.82) is 0 Å². The lowest BCUT2D eigenvalue weighted by molar-refractivity contribution is -0.140. The largest absolute Gasteiger partial charge is 0.426 e. The highest BCUT2D eigenvalue weighted by Crippen LogP contribution is 2.33. The summed E-state index contributed by atoms with van der Waals surface area (Å²) in [6, 6.07) is 7.36. The van der Waals surface area contributed by atoms with Crippen LogP contribution in [-0.4, -0.2) is 5.97 Å². The van der Waals surface area contributed by atoms with Crippen molar-refractivity contribution >= 4 is 22.8 Å². The number of hydrogen-bond donors (Lipinski definition) is 0. The molecule has 5 heteroatoms. The highest BCUT2D eigenvalue weighted by Gasteiger charge is 2.27. The number of carbonyl (C=O) groups is 1. The second-order valence-electron chi connectivity index (χ2n) is 7.57. The molecule has 0 aliphatic heterocycles. The number of allylic oxidation sites excluding steroid dienone is 2. The fourth-order valence-corrected chi connectivity index (χ4v) is 3.96. The van der Waals surface area contributed by atoms with E-state index >= 15 is 0 Å². The first-order valence-electron chi connectivity index (χ1n) is 10.1. The molecule has 0 bridgehead atoms. The summed E-state index contributed by atoms with van der Waals surface area (Å²) in [5, 5.41) is 0.707. The number of carbonyl (C=O) groups excluding carboxylic acids is 1. The minimum absolute atomic E-state index is 0.111. The second kappa shape index (κ2) is 9.77. The van der Waals surface area contributed by atoms with Gasteiger partial charge in [-0.1, -0.05) is 24.3 Å². The fraction of sp³-hybridized carbons (Fsp3) is 0.375. The maximum Gasteiger partial charge on any atom is 0.314 e. The Hall–Kier alpha value is -2.56. The number of hydrogen-bond acceptors (Lipinski definition) is 2. The number of rotatable bonds is 6. The van der Waals surface area contributed by atoms with Gasteiger partial charge >= 0.3 is 5.97 Å². The van der Waals surface area contributed by atoms with Crippen molar-refractivity contribution in [3.63, 3.8) is 0 Å². The van der Waals surface area contributed by atoms with Crippen LogP contribution in [0.2, 0.25) is 0 Å². The van der Waals surface area contributed by atoms with Gasteiger partial charge in [0.2, 0.25) is 0 Å². The normalized spacial score (nSPS) is 19.4. The van der Waals surface area contributed by atoms with Crippen molar-refractivity contribution in [1.82, 2.24) is 0 Å². The van der Waals surface area contributed by atoms with Crippen LogP contribution in [-0.2, 0) is 4.79 Å². The highest BCUT2D eigenvalue weighted by atomic mass is 19.3. The molecule has 0 atom stereocenters. The van der Waals surface area contributed by atoms with Gasteiger partial charge in [0.1, 0.15) is 11.6 Å². The zero-order chi connectivity index (χ0) is 20.8. The zero-order valence-corrected chi connectivity index (χ0v) is 16.5. The Balaban J connectivity index is 1.63. The summed E-state index contributed by atoms with van der Waals surface area (Å²) in [6.07, 6.45) is 8.74. The molecule has 0 heterocycles. The van der Waals surface area contributed by atoms with E-state index in [2.05, 4.69) is 12.2 Å². The van der Waals surface area contributed by atoms with Gasteiger partial charge in [-0.15, -0.1) is 0 Å². The fourth-order valence-electron chi connectivity index (χ4n) is 3.96. The Bertz CT molecular complexity index is 921. The van der Waals surface area contributed by atoms with E-state index in [1.54, 1.807) is 12.1 Å². The summed E-state index contributed by atoms with van der Waals surface area (Å²) in [7, 11) is 0. The van der Waals surface area contributed by atoms with Gasteiger partial charge in [-0.2, -0.15) is 8.78 Å². The lowest BCUT2D eigenvalue weighted by Crippen LogP contribution is -2.25. The highest BCUT2D eigenvalue weighted by molar-refractivity contribution is 5.87. The minimum Gasteiger partial charge on any atom is -0.426 e. The summed E-state index contributed by atoms with van der Waals surface area (Å²) in [4.78, 5) is 12.5. The standard InChI is InChI=1S/C24H25F3O2/c1-2-3-4-5-16-6-8-17(9-7-16)24(28)29-20-12-13-21-18(14-20)10-11-19(23(21)27)15-22(25)26/h2-3,10-17H,4-9H2,1H3/b3-2+. The number of benzene rings is 2. The molecule has 0 saturated heterocycles. The molecule has 0 unspecified atom stereocenters. The number of halogens is 3. The minimum atomic E-state index is -1.95. The van der Waals surface area contributed by atoms with Crippen LogP contribution in [0.3, 0.4) is 0 Å². The molecule has 2 aromatic carbocycles. The van der Waals surface area contributed by atoms with Gasteiger partial charge in [0.15, 0.2) is 0 Å². The topological polar surface area (TPSA) is 26.3 Å². The second-order valence-corrected chi connectivity index (χ2v) is 7.57. The van der Waals surface area contributed by atoms with Gasteiger partial charge in [-0.3, -0.25) is 4.79 Å². The van der Waals surface area contributed by atoms with Crippen LogP contribution < -0.4 is 4.74 Å². The van der Waals surface area contributed by atoms with Gasteiger partial charge in [-0.25, -0.2) is 4.39 Å². The summed E-state index contributed by atoms with van der Waals surface area (Å²) >= 11 is 0. The van der Waals surface area contributed by atoms with Crippen molar-refractivity contribution in [2.45, 2.75) is 45.4 Å². The van der Waals surface area contributed by atoms with Crippen LogP contribution in [0.1, 0.15) is 51.0 Å². The van der Waals surface area contributed by atoms with Gasteiger partial charge < -0.3 is 4.74 Å². The molecule has 0 amide bonds. The molecule has 0 radical (unpaired) electrons. The first kappa shape index (κ1) is 21.2. The monoisotopic (exact) mass is 402 g/mol. The van der Waals surface area contributed by atoms with Crippen LogP contribution in [0, 0.1) is 17.7 Å². The molecule has 154 valence electrons. The predicted octanol–water partition coefficient (Wildman–Crippen LogP) is 7.28. The SMILES string of the molecule is C/C=C/CCC1CCC(C(=O)Oc2ccc3c(F)c(C=C(F)F)ccc3c2)CC1. The van der Waals surface area contributed by atoms with E-state index in [4.69, 9.17) is 4.74 Å². The van der Waals surface area contributed by atoms with Crippen LogP contribution in [0.25, 0.3) is 16.8 Å². The number of fused-ring (bicyclic) bond motifs is 1. The molecule has 0 spiro atoms. The molecule has 3 rings (SSSR count). The Labute approximate surface area is 169 Å². The van der Waals surface area contributed by atoms with Crippen molar-refractivity contribution in [2.75, 3.05) is 0 Å². The molecule has 2 aromatic rings. The molecule has 0 aromatic heterocycles. The molecule has 1 aliphatic carbocycles. The van der Waals surface area contributed by atoms with Crippen molar-refractivity contribution in [3.05, 3.63) is 59.9 Å². The Morgan fingerprint density at radius 3 is 2.59 bits per heavy atom. The predicted molar refractivity (Wildman–Crippen MR) is 109 cm³/mol. The van der Waals surface area contributed by atoms with E-state index in [1.807, 2.05) is 6.92 Å². The summed E-state index contributed by atoms with van der Waals surface area (Å²) in [5.41, 5.74) is -0.173. The van der Waals surface area contributed by atoms with Crippen LogP contribution >= 0.6 is 0 Å². The van der Waals surface area contributed by atoms with Crippen LogP contribution in [0.5, 0.6) is 5.75 Å². The van der Waals surface area contributed by atoms with Crippen LogP contribution in [0.15, 0.2) is 48.6 Å². The smallest absolute Gasteiger partial charge is 0.314 e. The third kappa shape index (κ3) is 5.49. The van der Waals surface area contributed by atoms with Crippen molar-refractivity contribution in [3.8, 4) is 5.75 Å². The Morgan fingerprint density at radius 1 is 1.14 bits per heavy atom. The molecule has 1 aliphatic rings. The van der Waals surface area contributed by atoms with Crippen molar-refractivity contribution < 1.29 is 22.7 Å².